The first-order chi connectivity index (χ1) is 14.7. The number of aliphatic hydroxyl groups is 1. The summed E-state index contributed by atoms with van der Waals surface area (Å²) in [6, 6.07) is 7.90. The molecule has 0 aliphatic heterocycles. The molecule has 8 heteroatoms. The van der Waals surface area contributed by atoms with Crippen LogP contribution in [0.1, 0.15) is 64.0 Å². The zero-order valence-corrected chi connectivity index (χ0v) is 19.4. The molecule has 1 aromatic carbocycles. The van der Waals surface area contributed by atoms with E-state index < -0.39 is 0 Å². The van der Waals surface area contributed by atoms with Gasteiger partial charge in [-0.05, 0) is 61.2 Å². The Balaban J connectivity index is 2.04. The van der Waals surface area contributed by atoms with E-state index in [1.807, 2.05) is 29.8 Å². The van der Waals surface area contributed by atoms with Crippen LogP contribution in [0.2, 0.25) is 0 Å². The highest BCUT2D eigenvalue weighted by atomic mass is 16.3. The maximum absolute atomic E-state index is 12.8. The van der Waals surface area contributed by atoms with Crippen LogP contribution in [0.25, 0.3) is 10.9 Å². The SMILES string of the molecule is CCC(C)(C)n1nnnc1[C@H](C(C)C)[NH+](CCO)Cc1cc2cc(C)ccc2[nH]c1=O. The van der Waals surface area contributed by atoms with Crippen LogP contribution < -0.4 is 10.5 Å². The Morgan fingerprint density at radius 2 is 2.00 bits per heavy atom. The van der Waals surface area contributed by atoms with Gasteiger partial charge in [0.05, 0.1) is 17.7 Å². The minimum Gasteiger partial charge on any atom is -0.391 e. The van der Waals surface area contributed by atoms with Crippen LogP contribution in [0.3, 0.4) is 0 Å². The zero-order valence-electron chi connectivity index (χ0n) is 19.4. The lowest BCUT2D eigenvalue weighted by Gasteiger charge is -2.32. The number of tetrazole rings is 1. The van der Waals surface area contributed by atoms with Gasteiger partial charge in [0.15, 0.2) is 6.04 Å². The van der Waals surface area contributed by atoms with E-state index in [1.165, 1.54) is 0 Å². The third-order valence-electron chi connectivity index (χ3n) is 6.24. The second-order valence-electron chi connectivity index (χ2n) is 9.36. The molecule has 0 bridgehead atoms. The average molecular weight is 428 g/mol. The maximum atomic E-state index is 12.8. The Morgan fingerprint density at radius 1 is 1.26 bits per heavy atom. The fourth-order valence-corrected chi connectivity index (χ4v) is 4.17. The fourth-order valence-electron chi connectivity index (χ4n) is 4.17. The smallest absolute Gasteiger partial charge is 0.257 e. The van der Waals surface area contributed by atoms with Gasteiger partial charge in [-0.2, -0.15) is 0 Å². The van der Waals surface area contributed by atoms with E-state index in [0.29, 0.717) is 18.7 Å². The van der Waals surface area contributed by atoms with Gasteiger partial charge in [0.2, 0.25) is 5.82 Å². The number of hydrogen-bond acceptors (Lipinski definition) is 5. The van der Waals surface area contributed by atoms with E-state index in [0.717, 1.165) is 33.6 Å². The van der Waals surface area contributed by atoms with Gasteiger partial charge in [0.1, 0.15) is 13.1 Å². The number of aryl methyl sites for hydroxylation is 1. The van der Waals surface area contributed by atoms with E-state index in [1.54, 1.807) is 0 Å². The maximum Gasteiger partial charge on any atom is 0.257 e. The first-order valence-electron chi connectivity index (χ1n) is 11.0. The molecule has 2 aromatic heterocycles. The number of benzene rings is 1. The molecule has 0 fully saturated rings. The lowest BCUT2D eigenvalue weighted by Crippen LogP contribution is -3.12. The standard InChI is InChI=1S/C23H34N6O2/c1-7-23(5,6)29-21(25-26-27-29)20(15(2)3)28(10-11-30)14-18-13-17-12-16(4)8-9-19(17)24-22(18)31/h8-9,12-13,15,20,30H,7,10-11,14H2,1-6H3,(H,24,31)/p+1/t20-/m0/s1. The Kier molecular flexibility index (Phi) is 6.91. The molecular weight excluding hydrogens is 392 g/mol. The molecule has 0 saturated heterocycles. The number of quaternary nitrogens is 1. The molecule has 0 aliphatic rings. The third kappa shape index (κ3) is 4.85. The first kappa shape index (κ1) is 23.1. The lowest BCUT2D eigenvalue weighted by atomic mass is 9.97. The van der Waals surface area contributed by atoms with Gasteiger partial charge in [-0.25, -0.2) is 4.68 Å². The van der Waals surface area contributed by atoms with Crippen LogP contribution in [0.4, 0.5) is 0 Å². The van der Waals surface area contributed by atoms with Crippen molar-refractivity contribution >= 4 is 10.9 Å². The van der Waals surface area contributed by atoms with Crippen molar-refractivity contribution in [2.75, 3.05) is 13.2 Å². The summed E-state index contributed by atoms with van der Waals surface area (Å²) < 4.78 is 1.91. The van der Waals surface area contributed by atoms with E-state index >= 15 is 0 Å². The Hall–Kier alpha value is -2.58. The number of aromatic nitrogens is 5. The van der Waals surface area contributed by atoms with Gasteiger partial charge in [0, 0.05) is 11.4 Å². The number of aromatic amines is 1. The molecule has 2 atom stereocenters. The number of aliphatic hydroxyl groups excluding tert-OH is 1. The molecule has 3 rings (SSSR count). The summed E-state index contributed by atoms with van der Waals surface area (Å²) in [7, 11) is 0. The largest absolute Gasteiger partial charge is 0.391 e. The minimum atomic E-state index is -0.228. The Morgan fingerprint density at radius 3 is 2.65 bits per heavy atom. The highest BCUT2D eigenvalue weighted by Gasteiger charge is 2.36. The number of nitrogens with zero attached hydrogens (tertiary/aromatic N) is 4. The molecule has 0 spiro atoms. The first-order valence-corrected chi connectivity index (χ1v) is 11.0. The summed E-state index contributed by atoms with van der Waals surface area (Å²) in [5.74, 6) is 0.999. The Bertz CT molecular complexity index is 1090. The van der Waals surface area contributed by atoms with E-state index in [4.69, 9.17) is 0 Å². The van der Waals surface area contributed by atoms with E-state index in [-0.39, 0.29) is 29.7 Å². The molecule has 0 radical (unpaired) electrons. The third-order valence-corrected chi connectivity index (χ3v) is 6.24. The predicted octanol–water partition coefficient (Wildman–Crippen LogP) is 1.74. The van der Waals surface area contributed by atoms with Crippen LogP contribution >= 0.6 is 0 Å². The van der Waals surface area contributed by atoms with Crippen LogP contribution in [0, 0.1) is 12.8 Å². The molecular formula is C23H35N6O2+. The van der Waals surface area contributed by atoms with Crippen LogP contribution in [0.15, 0.2) is 29.1 Å². The summed E-state index contributed by atoms with van der Waals surface area (Å²) in [5.41, 5.74) is 2.35. The van der Waals surface area contributed by atoms with Crippen LogP contribution in [0.5, 0.6) is 0 Å². The van der Waals surface area contributed by atoms with Crippen molar-refractivity contribution in [3.63, 3.8) is 0 Å². The molecule has 0 amide bonds. The zero-order chi connectivity index (χ0) is 22.8. The van der Waals surface area contributed by atoms with Crippen molar-refractivity contribution in [3.05, 3.63) is 51.6 Å². The van der Waals surface area contributed by atoms with Gasteiger partial charge in [-0.1, -0.05) is 32.4 Å². The highest BCUT2D eigenvalue weighted by molar-refractivity contribution is 5.79. The monoisotopic (exact) mass is 427 g/mol. The molecule has 31 heavy (non-hydrogen) atoms. The summed E-state index contributed by atoms with van der Waals surface area (Å²) >= 11 is 0. The lowest BCUT2D eigenvalue weighted by molar-refractivity contribution is -0.950. The summed E-state index contributed by atoms with van der Waals surface area (Å²) in [6.07, 6.45) is 0.884. The van der Waals surface area contributed by atoms with Crippen molar-refractivity contribution in [2.45, 2.75) is 66.1 Å². The molecule has 3 aromatic rings. The van der Waals surface area contributed by atoms with Crippen LogP contribution in [-0.4, -0.2) is 43.4 Å². The van der Waals surface area contributed by atoms with E-state index in [9.17, 15) is 9.90 Å². The normalized spacial score (nSPS) is 14.3. The fraction of sp³-hybridized carbons (Fsp3) is 0.565. The number of rotatable bonds is 9. The number of fused-ring (bicyclic) bond motifs is 1. The number of hydrogen-bond donors (Lipinski definition) is 3. The van der Waals surface area contributed by atoms with Gasteiger partial charge in [-0.3, -0.25) is 4.79 Å². The van der Waals surface area contributed by atoms with Gasteiger partial charge in [-0.15, -0.1) is 5.10 Å². The van der Waals surface area contributed by atoms with Gasteiger partial charge >= 0.3 is 0 Å². The van der Waals surface area contributed by atoms with Crippen molar-refractivity contribution in [2.24, 2.45) is 5.92 Å². The number of pyridine rings is 1. The predicted molar refractivity (Wildman–Crippen MR) is 121 cm³/mol. The van der Waals surface area contributed by atoms with Gasteiger partial charge in [0.25, 0.3) is 5.56 Å². The van der Waals surface area contributed by atoms with Crippen molar-refractivity contribution < 1.29 is 10.0 Å². The summed E-state index contributed by atoms with van der Waals surface area (Å²) in [4.78, 5) is 16.9. The second kappa shape index (κ2) is 9.28. The molecule has 168 valence electrons. The average Bonchev–Trinajstić information content (AvgIpc) is 3.19. The molecule has 0 saturated carbocycles. The van der Waals surface area contributed by atoms with Gasteiger partial charge < -0.3 is 15.0 Å². The van der Waals surface area contributed by atoms with Crippen molar-refractivity contribution in [1.82, 2.24) is 25.2 Å². The molecule has 0 aliphatic carbocycles. The molecule has 8 nitrogen and oxygen atoms in total. The van der Waals surface area contributed by atoms with E-state index in [2.05, 4.69) is 61.2 Å². The van der Waals surface area contributed by atoms with Crippen LogP contribution in [-0.2, 0) is 12.1 Å². The molecule has 1 unspecified atom stereocenters. The quantitative estimate of drug-likeness (QED) is 0.483. The van der Waals surface area contributed by atoms with Crippen molar-refractivity contribution in [3.8, 4) is 0 Å². The number of nitrogens with one attached hydrogen (secondary N) is 2. The molecule has 2 heterocycles. The minimum absolute atomic E-state index is 0.0158. The topological polar surface area (TPSA) is 101 Å². The Labute approximate surface area is 183 Å². The molecule has 3 N–H and O–H groups in total. The van der Waals surface area contributed by atoms with Crippen molar-refractivity contribution in [1.29, 1.82) is 0 Å². The highest BCUT2D eigenvalue weighted by Crippen LogP contribution is 2.24. The number of H-pyrrole nitrogens is 1. The summed E-state index contributed by atoms with van der Waals surface area (Å²) in [6.45, 7) is 13.6. The second-order valence-corrected chi connectivity index (χ2v) is 9.36. The summed E-state index contributed by atoms with van der Waals surface area (Å²) in [5, 5.41) is 23.5.